The highest BCUT2D eigenvalue weighted by Crippen LogP contribution is 2.27. The fourth-order valence-electron chi connectivity index (χ4n) is 3.55. The maximum atomic E-state index is 6.10. The maximum Gasteiger partial charge on any atom is 0.222 e. The summed E-state index contributed by atoms with van der Waals surface area (Å²) in [4.78, 5) is 13.5. The van der Waals surface area contributed by atoms with E-state index in [9.17, 15) is 0 Å². The Morgan fingerprint density at radius 2 is 1.52 bits per heavy atom. The van der Waals surface area contributed by atoms with Crippen molar-refractivity contribution in [3.8, 4) is 11.5 Å². The number of benzene rings is 2. The molecule has 0 amide bonds. The summed E-state index contributed by atoms with van der Waals surface area (Å²) in [6, 6.07) is 15.6. The first-order valence-corrected chi connectivity index (χ1v) is 9.69. The monoisotopic (exact) mass is 394 g/mol. The minimum atomic E-state index is -0.426. The molecule has 3 N–H and O–H groups in total. The van der Waals surface area contributed by atoms with Crippen molar-refractivity contribution in [2.45, 2.75) is 19.1 Å². The third kappa shape index (κ3) is 4.06. The van der Waals surface area contributed by atoms with Crippen molar-refractivity contribution < 1.29 is 9.47 Å². The van der Waals surface area contributed by atoms with E-state index in [1.807, 2.05) is 48.5 Å². The van der Waals surface area contributed by atoms with Gasteiger partial charge in [-0.05, 0) is 61.4 Å². The summed E-state index contributed by atoms with van der Waals surface area (Å²) in [6.45, 7) is 1.90. The molecule has 2 heterocycles. The summed E-state index contributed by atoms with van der Waals surface area (Å²) >= 11 is 0. The van der Waals surface area contributed by atoms with Crippen LogP contribution in [-0.2, 0) is 0 Å². The van der Waals surface area contributed by atoms with Gasteiger partial charge in [-0.25, -0.2) is 4.99 Å². The number of nitrogens with zero attached hydrogens (tertiary/aromatic N) is 4. The molecular formula is C21H26N6O2. The highest BCUT2D eigenvalue weighted by atomic mass is 16.5. The number of hydrogen-bond donors (Lipinski definition) is 2. The van der Waals surface area contributed by atoms with Gasteiger partial charge in [0.05, 0.1) is 14.2 Å². The zero-order chi connectivity index (χ0) is 20.2. The molecule has 8 heteroatoms. The molecule has 0 saturated carbocycles. The van der Waals surface area contributed by atoms with E-state index in [2.05, 4.69) is 25.1 Å². The number of anilines is 2. The molecule has 1 atom stereocenters. The van der Waals surface area contributed by atoms with Crippen LogP contribution in [0.3, 0.4) is 0 Å². The molecule has 1 unspecified atom stereocenters. The number of likely N-dealkylation sites (tertiary alicyclic amines) is 1. The Bertz CT molecular complexity index is 888. The average Bonchev–Trinajstić information content (AvgIpc) is 3.29. The molecule has 0 spiro atoms. The number of ether oxygens (including phenoxy) is 2. The average molecular weight is 394 g/mol. The van der Waals surface area contributed by atoms with Crippen molar-refractivity contribution in [3.63, 3.8) is 0 Å². The van der Waals surface area contributed by atoms with Gasteiger partial charge in [-0.3, -0.25) is 4.90 Å². The Labute approximate surface area is 170 Å². The molecule has 2 aromatic carbocycles. The first-order valence-electron chi connectivity index (χ1n) is 9.69. The van der Waals surface area contributed by atoms with Crippen LogP contribution < -0.4 is 25.4 Å². The first kappa shape index (κ1) is 18.9. The van der Waals surface area contributed by atoms with E-state index < -0.39 is 6.29 Å². The SMILES string of the molecule is COc1ccc(NC2N=C(N)N=C(N3CCCC3)N2c2ccc(OC)cc2)cc1. The fraction of sp³-hybridized carbons (Fsp3) is 0.333. The van der Waals surface area contributed by atoms with E-state index in [1.54, 1.807) is 14.2 Å². The molecular weight excluding hydrogens is 368 g/mol. The lowest BCUT2D eigenvalue weighted by atomic mass is 10.2. The standard InChI is InChI=1S/C21H26N6O2/c1-28-17-9-5-15(6-10-17)23-20-24-19(22)25-21(26-13-3-4-14-26)27(20)16-7-11-18(29-2)12-8-16/h5-12,20,23H,3-4,13-14H2,1-2H3,(H2,22,24). The van der Waals surface area contributed by atoms with Crippen LogP contribution >= 0.6 is 0 Å². The zero-order valence-electron chi connectivity index (χ0n) is 16.7. The summed E-state index contributed by atoms with van der Waals surface area (Å²) in [5, 5.41) is 3.46. The third-order valence-electron chi connectivity index (χ3n) is 5.05. The van der Waals surface area contributed by atoms with Crippen LogP contribution in [0.4, 0.5) is 11.4 Å². The third-order valence-corrected chi connectivity index (χ3v) is 5.05. The minimum Gasteiger partial charge on any atom is -0.497 e. The normalized spacial score (nSPS) is 18.9. The fourth-order valence-corrected chi connectivity index (χ4v) is 3.55. The quantitative estimate of drug-likeness (QED) is 0.811. The number of methoxy groups -OCH3 is 2. The molecule has 0 radical (unpaired) electrons. The molecule has 1 fully saturated rings. The van der Waals surface area contributed by atoms with Gasteiger partial charge in [0.1, 0.15) is 11.5 Å². The Kier molecular flexibility index (Phi) is 5.41. The topological polar surface area (TPSA) is 87.7 Å². The number of rotatable bonds is 5. The van der Waals surface area contributed by atoms with Crippen LogP contribution in [0, 0.1) is 0 Å². The molecule has 2 aliphatic heterocycles. The summed E-state index contributed by atoms with van der Waals surface area (Å²) in [5.41, 5.74) is 7.97. The van der Waals surface area contributed by atoms with Gasteiger partial charge < -0.3 is 25.4 Å². The maximum absolute atomic E-state index is 6.10. The predicted octanol–water partition coefficient (Wildman–Crippen LogP) is 2.69. The lowest BCUT2D eigenvalue weighted by Gasteiger charge is -2.38. The van der Waals surface area contributed by atoms with Crippen molar-refractivity contribution in [2.24, 2.45) is 15.7 Å². The highest BCUT2D eigenvalue weighted by Gasteiger charge is 2.32. The Balaban J connectivity index is 1.68. The summed E-state index contributed by atoms with van der Waals surface area (Å²) in [6.07, 6.45) is 1.86. The van der Waals surface area contributed by atoms with Crippen LogP contribution in [-0.4, -0.2) is 50.4 Å². The van der Waals surface area contributed by atoms with Crippen molar-refractivity contribution in [1.29, 1.82) is 0 Å². The van der Waals surface area contributed by atoms with E-state index in [-0.39, 0.29) is 5.96 Å². The van der Waals surface area contributed by atoms with Gasteiger partial charge >= 0.3 is 0 Å². The molecule has 0 bridgehead atoms. The summed E-state index contributed by atoms with van der Waals surface area (Å²) in [5.74, 6) is 2.68. The van der Waals surface area contributed by atoms with Gasteiger partial charge in [-0.15, -0.1) is 0 Å². The molecule has 1 saturated heterocycles. The van der Waals surface area contributed by atoms with Crippen molar-refractivity contribution in [3.05, 3.63) is 48.5 Å². The second-order valence-corrected chi connectivity index (χ2v) is 6.91. The zero-order valence-corrected chi connectivity index (χ0v) is 16.7. The van der Waals surface area contributed by atoms with E-state index in [1.165, 1.54) is 0 Å². The number of nitrogens with two attached hydrogens (primary N) is 1. The number of aliphatic imine (C=N–C) groups is 2. The van der Waals surface area contributed by atoms with Crippen molar-refractivity contribution >= 4 is 23.3 Å². The van der Waals surface area contributed by atoms with Crippen LogP contribution in [0.5, 0.6) is 11.5 Å². The van der Waals surface area contributed by atoms with E-state index in [4.69, 9.17) is 15.2 Å². The molecule has 8 nitrogen and oxygen atoms in total. The largest absolute Gasteiger partial charge is 0.497 e. The van der Waals surface area contributed by atoms with Gasteiger partial charge in [0.25, 0.3) is 0 Å². The van der Waals surface area contributed by atoms with Crippen LogP contribution in [0.2, 0.25) is 0 Å². The number of guanidine groups is 2. The van der Waals surface area contributed by atoms with Gasteiger partial charge in [0, 0.05) is 24.5 Å². The van der Waals surface area contributed by atoms with Crippen molar-refractivity contribution in [2.75, 3.05) is 37.5 Å². The number of nitrogens with one attached hydrogen (secondary N) is 1. The molecule has 0 aliphatic carbocycles. The van der Waals surface area contributed by atoms with E-state index >= 15 is 0 Å². The molecule has 4 rings (SSSR count). The molecule has 0 aromatic heterocycles. The summed E-state index contributed by atoms with van der Waals surface area (Å²) < 4.78 is 10.6. The summed E-state index contributed by atoms with van der Waals surface area (Å²) in [7, 11) is 3.31. The lowest BCUT2D eigenvalue weighted by Crippen LogP contribution is -2.54. The van der Waals surface area contributed by atoms with E-state index in [0.717, 1.165) is 54.8 Å². The second-order valence-electron chi connectivity index (χ2n) is 6.91. The van der Waals surface area contributed by atoms with Crippen LogP contribution in [0.1, 0.15) is 12.8 Å². The van der Waals surface area contributed by atoms with E-state index in [0.29, 0.717) is 0 Å². The van der Waals surface area contributed by atoms with Crippen molar-refractivity contribution in [1.82, 2.24) is 4.90 Å². The second kappa shape index (κ2) is 8.30. The Morgan fingerprint density at radius 1 is 0.931 bits per heavy atom. The van der Waals surface area contributed by atoms with Gasteiger partial charge in [0.2, 0.25) is 18.2 Å². The molecule has 29 heavy (non-hydrogen) atoms. The Hall–Kier alpha value is -3.42. The number of hydrogen-bond acceptors (Lipinski definition) is 8. The molecule has 2 aliphatic rings. The first-order chi connectivity index (χ1) is 14.2. The lowest BCUT2D eigenvalue weighted by molar-refractivity contribution is 0.414. The molecule has 152 valence electrons. The van der Waals surface area contributed by atoms with Gasteiger partial charge in [-0.2, -0.15) is 4.99 Å². The predicted molar refractivity (Wildman–Crippen MR) is 116 cm³/mol. The smallest absolute Gasteiger partial charge is 0.222 e. The Morgan fingerprint density at radius 3 is 2.10 bits per heavy atom. The van der Waals surface area contributed by atoms with Crippen LogP contribution in [0.15, 0.2) is 58.5 Å². The molecule has 2 aromatic rings. The highest BCUT2D eigenvalue weighted by molar-refractivity contribution is 6.06. The minimum absolute atomic E-state index is 0.266. The van der Waals surface area contributed by atoms with Gasteiger partial charge in [0.15, 0.2) is 0 Å². The van der Waals surface area contributed by atoms with Gasteiger partial charge in [-0.1, -0.05) is 0 Å². The van der Waals surface area contributed by atoms with Crippen LogP contribution in [0.25, 0.3) is 0 Å².